The molecule has 1 heterocycles. The van der Waals surface area contributed by atoms with Crippen molar-refractivity contribution in [3.63, 3.8) is 0 Å². The number of anilines is 1. The largest absolute Gasteiger partial charge is 0.478 e. The van der Waals surface area contributed by atoms with E-state index in [2.05, 4.69) is 22.6 Å². The fourth-order valence-electron chi connectivity index (χ4n) is 4.42. The fraction of sp³-hybridized carbons (Fsp3) is 0.0345. The zero-order valence-corrected chi connectivity index (χ0v) is 24.0. The number of aromatic carboxylic acids is 2. The third kappa shape index (κ3) is 5.15. The van der Waals surface area contributed by atoms with Crippen LogP contribution in [0.2, 0.25) is 10.0 Å². The van der Waals surface area contributed by atoms with Crippen molar-refractivity contribution in [2.24, 2.45) is 0 Å². The minimum Gasteiger partial charge on any atom is -0.478 e. The van der Waals surface area contributed by atoms with E-state index in [0.29, 0.717) is 27.6 Å². The molecule has 0 radical (unpaired) electrons. The number of hydrogen-bond donors (Lipinski definition) is 3. The summed E-state index contributed by atoms with van der Waals surface area (Å²) < 4.78 is 2.07. The van der Waals surface area contributed by atoms with Crippen molar-refractivity contribution in [1.82, 2.24) is 9.55 Å². The number of rotatable bonds is 6. The van der Waals surface area contributed by atoms with E-state index < -0.39 is 17.5 Å². The van der Waals surface area contributed by atoms with Crippen LogP contribution in [-0.2, 0) is 6.42 Å². The van der Waals surface area contributed by atoms with Gasteiger partial charge in [0.15, 0.2) is 0 Å². The van der Waals surface area contributed by atoms with E-state index >= 15 is 0 Å². The summed E-state index contributed by atoms with van der Waals surface area (Å²) in [5, 5.41) is 20.4. The molecule has 200 valence electrons. The molecule has 0 bridgehead atoms. The van der Waals surface area contributed by atoms with E-state index in [0.717, 1.165) is 3.57 Å². The van der Waals surface area contributed by atoms with E-state index in [1.54, 1.807) is 36.4 Å². The SMILES string of the molecule is Nc1cc(Cl)c(Cc2cc(C(=O)O)c(-n3c(-c4ccccc4)nc4ccc(I)cc4c3=O)cc2Cl)cc1C(=O)O. The van der Waals surface area contributed by atoms with Crippen molar-refractivity contribution in [2.75, 3.05) is 5.73 Å². The Bertz CT molecular complexity index is 1910. The number of nitrogens with zero attached hydrogens (tertiary/aromatic N) is 2. The number of aromatic nitrogens is 2. The molecule has 0 amide bonds. The van der Waals surface area contributed by atoms with Crippen LogP contribution in [0.1, 0.15) is 31.8 Å². The second kappa shape index (κ2) is 10.9. The molecule has 0 aliphatic carbocycles. The van der Waals surface area contributed by atoms with Crippen LogP contribution in [0, 0.1) is 3.57 Å². The van der Waals surface area contributed by atoms with Gasteiger partial charge >= 0.3 is 11.9 Å². The summed E-state index contributed by atoms with van der Waals surface area (Å²) in [6.45, 7) is 0. The van der Waals surface area contributed by atoms with Crippen LogP contribution in [0.5, 0.6) is 0 Å². The molecule has 0 aliphatic rings. The van der Waals surface area contributed by atoms with Crippen molar-refractivity contribution in [1.29, 1.82) is 0 Å². The van der Waals surface area contributed by atoms with Crippen molar-refractivity contribution in [3.05, 3.63) is 119 Å². The van der Waals surface area contributed by atoms with Gasteiger partial charge in [-0.15, -0.1) is 0 Å². The van der Waals surface area contributed by atoms with Gasteiger partial charge < -0.3 is 15.9 Å². The van der Waals surface area contributed by atoms with Crippen molar-refractivity contribution in [3.8, 4) is 17.1 Å². The molecule has 0 unspecified atom stereocenters. The molecule has 0 saturated heterocycles. The quantitative estimate of drug-likeness (QED) is 0.137. The Balaban J connectivity index is 1.76. The van der Waals surface area contributed by atoms with Crippen molar-refractivity contribution < 1.29 is 19.8 Å². The molecule has 0 spiro atoms. The molecule has 4 aromatic carbocycles. The number of nitrogen functional groups attached to an aromatic ring is 1. The summed E-state index contributed by atoms with van der Waals surface area (Å²) in [6.07, 6.45) is 0.0212. The number of fused-ring (bicyclic) bond motifs is 1. The first-order valence-corrected chi connectivity index (χ1v) is 13.5. The number of benzene rings is 4. The first-order chi connectivity index (χ1) is 19.0. The van der Waals surface area contributed by atoms with Gasteiger partial charge in [0.1, 0.15) is 5.82 Å². The Labute approximate surface area is 250 Å². The zero-order valence-electron chi connectivity index (χ0n) is 20.4. The lowest BCUT2D eigenvalue weighted by Crippen LogP contribution is -2.24. The Kier molecular flexibility index (Phi) is 7.54. The number of carboxylic acid groups (broad SMARTS) is 2. The van der Waals surface area contributed by atoms with Crippen LogP contribution >= 0.6 is 45.8 Å². The van der Waals surface area contributed by atoms with Gasteiger partial charge in [0.25, 0.3) is 5.56 Å². The summed E-state index contributed by atoms with van der Waals surface area (Å²) in [5.41, 5.74) is 6.85. The number of hydrogen-bond acceptors (Lipinski definition) is 5. The van der Waals surface area contributed by atoms with E-state index in [1.807, 2.05) is 12.1 Å². The molecule has 0 aliphatic heterocycles. The van der Waals surface area contributed by atoms with E-state index in [4.69, 9.17) is 33.9 Å². The third-order valence-corrected chi connectivity index (χ3v) is 7.70. The number of nitrogens with two attached hydrogens (primary N) is 1. The number of carbonyl (C=O) groups is 2. The molecule has 11 heteroatoms. The Morgan fingerprint density at radius 1 is 0.875 bits per heavy atom. The molecular weight excluding hydrogens is 668 g/mol. The topological polar surface area (TPSA) is 136 Å². The first-order valence-electron chi connectivity index (χ1n) is 11.7. The zero-order chi connectivity index (χ0) is 28.7. The van der Waals surface area contributed by atoms with Gasteiger partial charge in [-0.2, -0.15) is 0 Å². The molecule has 0 fully saturated rings. The summed E-state index contributed by atoms with van der Waals surface area (Å²) >= 11 is 15.1. The highest BCUT2D eigenvalue weighted by Crippen LogP contribution is 2.32. The Morgan fingerprint density at radius 2 is 1.50 bits per heavy atom. The third-order valence-electron chi connectivity index (χ3n) is 6.33. The molecule has 5 aromatic rings. The normalized spacial score (nSPS) is 11.1. The lowest BCUT2D eigenvalue weighted by molar-refractivity contribution is 0.0686. The molecule has 8 nitrogen and oxygen atoms in total. The highest BCUT2D eigenvalue weighted by atomic mass is 127. The lowest BCUT2D eigenvalue weighted by Gasteiger charge is -2.18. The first kappa shape index (κ1) is 27.6. The second-order valence-electron chi connectivity index (χ2n) is 8.88. The lowest BCUT2D eigenvalue weighted by atomic mass is 9.98. The van der Waals surface area contributed by atoms with E-state index in [1.165, 1.54) is 28.8 Å². The second-order valence-corrected chi connectivity index (χ2v) is 10.9. The maximum absolute atomic E-state index is 13.9. The molecular formula is C29H18Cl2IN3O5. The van der Waals surface area contributed by atoms with Gasteiger partial charge in [-0.1, -0.05) is 53.5 Å². The van der Waals surface area contributed by atoms with Crippen LogP contribution in [0.3, 0.4) is 0 Å². The Morgan fingerprint density at radius 3 is 2.15 bits per heavy atom. The Hall–Kier alpha value is -3.93. The molecule has 5 rings (SSSR count). The van der Waals surface area contributed by atoms with Crippen molar-refractivity contribution >= 4 is 74.3 Å². The fourth-order valence-corrected chi connectivity index (χ4v) is 5.38. The van der Waals surface area contributed by atoms with Gasteiger partial charge in [-0.25, -0.2) is 14.6 Å². The molecule has 0 atom stereocenters. The van der Waals surface area contributed by atoms with E-state index in [9.17, 15) is 24.6 Å². The van der Waals surface area contributed by atoms with Crippen molar-refractivity contribution in [2.45, 2.75) is 6.42 Å². The summed E-state index contributed by atoms with van der Waals surface area (Å²) in [5.74, 6) is -2.27. The molecule has 40 heavy (non-hydrogen) atoms. The average Bonchev–Trinajstić information content (AvgIpc) is 2.91. The maximum Gasteiger partial charge on any atom is 0.337 e. The van der Waals surface area contributed by atoms with Crippen LogP contribution in [0.25, 0.3) is 28.0 Å². The van der Waals surface area contributed by atoms with Gasteiger partial charge in [0, 0.05) is 31.3 Å². The molecule has 1 aromatic heterocycles. The van der Waals surface area contributed by atoms with Gasteiger partial charge in [-0.3, -0.25) is 9.36 Å². The van der Waals surface area contributed by atoms with Gasteiger partial charge in [-0.05, 0) is 76.2 Å². The predicted octanol–water partition coefficient (Wildman–Crippen LogP) is 6.53. The summed E-state index contributed by atoms with van der Waals surface area (Å²) in [7, 11) is 0. The standard InChI is InChI=1S/C29H18Cl2IN3O5/c30-21-12-23(33)18(28(37)38)9-15(21)8-16-10-20(29(39)40)25(13-22(16)31)35-26(14-4-2-1-3-5-14)34-24-7-6-17(32)11-19(24)27(35)36/h1-7,9-13H,8,33H2,(H,37,38)(H,39,40). The molecule has 0 saturated carbocycles. The smallest absolute Gasteiger partial charge is 0.337 e. The van der Waals surface area contributed by atoms with Crippen LogP contribution in [0.15, 0.2) is 77.6 Å². The average molecular weight is 686 g/mol. The summed E-state index contributed by atoms with van der Waals surface area (Å²) in [6, 6.07) is 19.6. The van der Waals surface area contributed by atoms with Crippen LogP contribution in [0.4, 0.5) is 5.69 Å². The molecule has 4 N–H and O–H groups in total. The predicted molar refractivity (Wildman–Crippen MR) is 163 cm³/mol. The van der Waals surface area contributed by atoms with Gasteiger partial charge in [0.05, 0.1) is 27.7 Å². The minimum absolute atomic E-state index is 0.000186. The maximum atomic E-state index is 13.9. The van der Waals surface area contributed by atoms with Crippen LogP contribution in [-0.4, -0.2) is 31.7 Å². The minimum atomic E-state index is -1.30. The number of carboxylic acids is 2. The number of halogens is 3. The summed E-state index contributed by atoms with van der Waals surface area (Å²) in [4.78, 5) is 42.8. The van der Waals surface area contributed by atoms with Gasteiger partial charge in [0.2, 0.25) is 0 Å². The highest BCUT2D eigenvalue weighted by molar-refractivity contribution is 14.1. The van der Waals surface area contributed by atoms with E-state index in [-0.39, 0.29) is 44.8 Å². The highest BCUT2D eigenvalue weighted by Gasteiger charge is 2.23. The van der Waals surface area contributed by atoms with Crippen LogP contribution < -0.4 is 11.3 Å². The monoisotopic (exact) mass is 685 g/mol.